The summed E-state index contributed by atoms with van der Waals surface area (Å²) in [5.74, 6) is 1.24. The van der Waals surface area contributed by atoms with Crippen LogP contribution in [0.1, 0.15) is 25.7 Å². The predicted molar refractivity (Wildman–Crippen MR) is 82.2 cm³/mol. The zero-order chi connectivity index (χ0) is 14.8. The van der Waals surface area contributed by atoms with Crippen LogP contribution in [0.3, 0.4) is 0 Å². The van der Waals surface area contributed by atoms with Gasteiger partial charge < -0.3 is 9.84 Å². The highest BCUT2D eigenvalue weighted by Crippen LogP contribution is 2.25. The minimum atomic E-state index is 0.138. The fourth-order valence-corrected chi connectivity index (χ4v) is 2.91. The Morgan fingerprint density at radius 2 is 2.33 bits per heavy atom. The van der Waals surface area contributed by atoms with E-state index in [0.29, 0.717) is 17.0 Å². The second-order valence-corrected chi connectivity index (χ2v) is 5.87. The van der Waals surface area contributed by atoms with Crippen molar-refractivity contribution in [2.24, 2.45) is 0 Å². The molecule has 1 aromatic heterocycles. The molecule has 21 heavy (non-hydrogen) atoms. The van der Waals surface area contributed by atoms with Gasteiger partial charge in [0.1, 0.15) is 0 Å². The van der Waals surface area contributed by atoms with Crippen LogP contribution in [0.4, 0.5) is 0 Å². The molecule has 1 unspecified atom stereocenters. The van der Waals surface area contributed by atoms with Crippen molar-refractivity contribution >= 4 is 11.6 Å². The number of rotatable bonds is 3. The van der Waals surface area contributed by atoms with E-state index in [1.54, 1.807) is 0 Å². The van der Waals surface area contributed by atoms with Crippen molar-refractivity contribution in [3.05, 3.63) is 35.1 Å². The number of hydrogen-bond acceptors (Lipinski definition) is 5. The van der Waals surface area contributed by atoms with Crippen molar-refractivity contribution in [2.75, 3.05) is 19.6 Å². The molecule has 2 heterocycles. The summed E-state index contributed by atoms with van der Waals surface area (Å²) in [5.41, 5.74) is 0.849. The third kappa shape index (κ3) is 3.10. The molecule has 0 aliphatic carbocycles. The first-order valence-electron chi connectivity index (χ1n) is 7.21. The van der Waals surface area contributed by atoms with Crippen LogP contribution in [0.5, 0.6) is 0 Å². The van der Waals surface area contributed by atoms with E-state index in [9.17, 15) is 0 Å². The van der Waals surface area contributed by atoms with Crippen LogP contribution in [-0.2, 0) is 0 Å². The molecule has 0 spiro atoms. The number of aromatic nitrogens is 2. The minimum absolute atomic E-state index is 0.138. The van der Waals surface area contributed by atoms with E-state index in [4.69, 9.17) is 16.1 Å². The van der Waals surface area contributed by atoms with Gasteiger partial charge in [0, 0.05) is 36.3 Å². The van der Waals surface area contributed by atoms with E-state index >= 15 is 0 Å². The van der Waals surface area contributed by atoms with Crippen molar-refractivity contribution in [1.29, 1.82) is 0 Å². The predicted octanol–water partition coefficient (Wildman–Crippen LogP) is 2.74. The number of halogens is 1. The lowest BCUT2D eigenvalue weighted by Gasteiger charge is -2.36. The highest BCUT2D eigenvalue weighted by Gasteiger charge is 2.27. The van der Waals surface area contributed by atoms with Crippen LogP contribution in [0.2, 0.25) is 5.02 Å². The van der Waals surface area contributed by atoms with Crippen molar-refractivity contribution in [2.45, 2.75) is 25.9 Å². The average Bonchev–Trinajstić information content (AvgIpc) is 2.97. The minimum Gasteiger partial charge on any atom is -0.334 e. The fourth-order valence-electron chi connectivity index (χ4n) is 2.72. The van der Waals surface area contributed by atoms with Gasteiger partial charge in [0.15, 0.2) is 5.82 Å². The first kappa shape index (κ1) is 14.5. The summed E-state index contributed by atoms with van der Waals surface area (Å²) in [7, 11) is 0. The SMILES string of the molecule is CC(c1noc(-c2cccc(Cl)c2)n1)N1CCNC[C@H]1C. The number of nitrogens with one attached hydrogen (secondary N) is 1. The van der Waals surface area contributed by atoms with Crippen LogP contribution < -0.4 is 5.32 Å². The molecule has 1 aliphatic rings. The molecule has 112 valence electrons. The van der Waals surface area contributed by atoms with Gasteiger partial charge in [-0.15, -0.1) is 0 Å². The maximum atomic E-state index is 6.00. The third-order valence-corrected chi connectivity index (χ3v) is 4.17. The molecule has 0 amide bonds. The van der Waals surface area contributed by atoms with Crippen LogP contribution in [0.25, 0.3) is 11.5 Å². The molecule has 0 saturated carbocycles. The molecule has 2 aromatic rings. The lowest BCUT2D eigenvalue weighted by molar-refractivity contribution is 0.119. The monoisotopic (exact) mass is 306 g/mol. The molecule has 5 nitrogen and oxygen atoms in total. The van der Waals surface area contributed by atoms with Gasteiger partial charge in [-0.2, -0.15) is 4.98 Å². The second kappa shape index (κ2) is 6.13. The standard InChI is InChI=1S/C15H19ClN4O/c1-10-9-17-6-7-20(10)11(2)14-18-15(21-19-14)12-4-3-5-13(16)8-12/h3-5,8,10-11,17H,6-7,9H2,1-2H3/t10-,11?/m1/s1. The van der Waals surface area contributed by atoms with Gasteiger partial charge in [0.2, 0.25) is 0 Å². The van der Waals surface area contributed by atoms with E-state index in [1.807, 2.05) is 24.3 Å². The molecule has 3 rings (SSSR count). The van der Waals surface area contributed by atoms with E-state index in [-0.39, 0.29) is 6.04 Å². The topological polar surface area (TPSA) is 54.2 Å². The van der Waals surface area contributed by atoms with E-state index in [1.165, 1.54) is 0 Å². The summed E-state index contributed by atoms with van der Waals surface area (Å²) in [5, 5.41) is 8.19. The summed E-state index contributed by atoms with van der Waals surface area (Å²) >= 11 is 6.00. The zero-order valence-electron chi connectivity index (χ0n) is 12.2. The molecular formula is C15H19ClN4O. The molecule has 1 fully saturated rings. The Balaban J connectivity index is 1.81. The first-order valence-corrected chi connectivity index (χ1v) is 7.59. The van der Waals surface area contributed by atoms with Gasteiger partial charge in [-0.05, 0) is 32.0 Å². The molecule has 1 N–H and O–H groups in total. The first-order chi connectivity index (χ1) is 10.1. The van der Waals surface area contributed by atoms with Crippen LogP contribution in [0.15, 0.2) is 28.8 Å². The molecule has 0 radical (unpaired) electrons. The second-order valence-electron chi connectivity index (χ2n) is 5.44. The van der Waals surface area contributed by atoms with Gasteiger partial charge >= 0.3 is 0 Å². The van der Waals surface area contributed by atoms with Gasteiger partial charge in [-0.1, -0.05) is 22.8 Å². The summed E-state index contributed by atoms with van der Waals surface area (Å²) in [6, 6.07) is 8.05. The summed E-state index contributed by atoms with van der Waals surface area (Å²) in [6.45, 7) is 7.30. The molecule has 1 aliphatic heterocycles. The number of hydrogen-bond donors (Lipinski definition) is 1. The third-order valence-electron chi connectivity index (χ3n) is 3.94. The van der Waals surface area contributed by atoms with Gasteiger partial charge in [0.05, 0.1) is 6.04 Å². The molecule has 1 saturated heterocycles. The van der Waals surface area contributed by atoms with Crippen LogP contribution in [0, 0.1) is 0 Å². The number of piperazine rings is 1. The summed E-state index contributed by atoms with van der Waals surface area (Å²) < 4.78 is 5.39. The number of nitrogens with zero attached hydrogens (tertiary/aromatic N) is 3. The van der Waals surface area contributed by atoms with Gasteiger partial charge in [-0.3, -0.25) is 4.90 Å². The molecule has 1 aromatic carbocycles. The largest absolute Gasteiger partial charge is 0.334 e. The lowest BCUT2D eigenvalue weighted by atomic mass is 10.1. The molecular weight excluding hydrogens is 288 g/mol. The van der Waals surface area contributed by atoms with Crippen molar-refractivity contribution in [3.63, 3.8) is 0 Å². The normalized spacial score (nSPS) is 21.4. The van der Waals surface area contributed by atoms with Crippen molar-refractivity contribution < 1.29 is 4.52 Å². The maximum Gasteiger partial charge on any atom is 0.258 e. The summed E-state index contributed by atoms with van der Waals surface area (Å²) in [4.78, 5) is 6.92. The number of benzene rings is 1. The summed E-state index contributed by atoms with van der Waals surface area (Å²) in [6.07, 6.45) is 0. The van der Waals surface area contributed by atoms with E-state index in [0.717, 1.165) is 31.0 Å². The zero-order valence-corrected chi connectivity index (χ0v) is 13.0. The van der Waals surface area contributed by atoms with Gasteiger partial charge in [-0.25, -0.2) is 0 Å². The average molecular weight is 307 g/mol. The Morgan fingerprint density at radius 3 is 3.10 bits per heavy atom. The Kier molecular flexibility index (Phi) is 4.24. The van der Waals surface area contributed by atoms with Gasteiger partial charge in [0.25, 0.3) is 5.89 Å². The van der Waals surface area contributed by atoms with E-state index < -0.39 is 0 Å². The Morgan fingerprint density at radius 1 is 1.48 bits per heavy atom. The lowest BCUT2D eigenvalue weighted by Crippen LogP contribution is -2.50. The highest BCUT2D eigenvalue weighted by molar-refractivity contribution is 6.30. The Hall–Kier alpha value is -1.43. The van der Waals surface area contributed by atoms with Crippen LogP contribution >= 0.6 is 11.6 Å². The Bertz CT molecular complexity index is 615. The Labute approximate surface area is 129 Å². The maximum absolute atomic E-state index is 6.00. The fraction of sp³-hybridized carbons (Fsp3) is 0.467. The van der Waals surface area contributed by atoms with Crippen molar-refractivity contribution in [1.82, 2.24) is 20.4 Å². The van der Waals surface area contributed by atoms with Crippen molar-refractivity contribution in [3.8, 4) is 11.5 Å². The molecule has 0 bridgehead atoms. The van der Waals surface area contributed by atoms with Crippen LogP contribution in [-0.4, -0.2) is 40.7 Å². The molecule has 6 heteroatoms. The quantitative estimate of drug-likeness (QED) is 0.945. The smallest absolute Gasteiger partial charge is 0.258 e. The highest BCUT2D eigenvalue weighted by atomic mass is 35.5. The van der Waals surface area contributed by atoms with E-state index in [2.05, 4.69) is 34.2 Å². The molecule has 2 atom stereocenters.